The Hall–Kier alpha value is -0.850. The minimum Gasteiger partial charge on any atom is -0.417 e. The van der Waals surface area contributed by atoms with Gasteiger partial charge in [0.25, 0.3) is 0 Å². The number of rotatable bonds is 6. The molecule has 0 fully saturated rings. The SMILES string of the molecule is CC(C)CNCc1coc(Oc2ccc(Br)cc2Br)n1. The molecule has 0 aliphatic carbocycles. The summed E-state index contributed by atoms with van der Waals surface area (Å²) in [6, 6.07) is 5.65. The van der Waals surface area contributed by atoms with Crippen molar-refractivity contribution in [2.45, 2.75) is 20.4 Å². The molecule has 2 rings (SSSR count). The summed E-state index contributed by atoms with van der Waals surface area (Å²) in [5, 5.41) is 3.30. The highest BCUT2D eigenvalue weighted by molar-refractivity contribution is 9.11. The summed E-state index contributed by atoms with van der Waals surface area (Å²) < 4.78 is 12.7. The maximum atomic E-state index is 5.60. The maximum absolute atomic E-state index is 5.60. The van der Waals surface area contributed by atoms with Gasteiger partial charge in [-0.05, 0) is 46.6 Å². The van der Waals surface area contributed by atoms with Crippen LogP contribution in [0, 0.1) is 5.92 Å². The van der Waals surface area contributed by atoms with Crippen LogP contribution < -0.4 is 10.1 Å². The van der Waals surface area contributed by atoms with Gasteiger partial charge in [0.1, 0.15) is 12.0 Å². The van der Waals surface area contributed by atoms with Crippen LogP contribution in [0.25, 0.3) is 0 Å². The van der Waals surface area contributed by atoms with Crippen LogP contribution in [-0.2, 0) is 6.54 Å². The van der Waals surface area contributed by atoms with E-state index in [0.29, 0.717) is 18.2 Å². The molecule has 1 heterocycles. The van der Waals surface area contributed by atoms with Crippen LogP contribution in [-0.4, -0.2) is 11.5 Å². The quantitative estimate of drug-likeness (QED) is 0.756. The predicted octanol–water partition coefficient (Wildman–Crippen LogP) is 4.74. The van der Waals surface area contributed by atoms with Crippen LogP contribution in [0.2, 0.25) is 0 Å². The summed E-state index contributed by atoms with van der Waals surface area (Å²) >= 11 is 6.83. The van der Waals surface area contributed by atoms with Crippen LogP contribution >= 0.6 is 31.9 Å². The molecule has 0 amide bonds. The third-order valence-electron chi connectivity index (χ3n) is 2.48. The fourth-order valence-electron chi connectivity index (χ4n) is 1.56. The first kappa shape index (κ1) is 15.5. The van der Waals surface area contributed by atoms with E-state index in [1.807, 2.05) is 18.2 Å². The smallest absolute Gasteiger partial charge is 0.399 e. The molecule has 0 radical (unpaired) electrons. The first-order valence-electron chi connectivity index (χ1n) is 6.32. The van der Waals surface area contributed by atoms with E-state index in [1.165, 1.54) is 0 Å². The molecule has 6 heteroatoms. The van der Waals surface area contributed by atoms with Crippen molar-refractivity contribution in [3.05, 3.63) is 39.1 Å². The molecular formula is C14H16Br2N2O2. The van der Waals surface area contributed by atoms with Crippen LogP contribution in [0.4, 0.5) is 0 Å². The van der Waals surface area contributed by atoms with Gasteiger partial charge in [0, 0.05) is 11.0 Å². The lowest BCUT2D eigenvalue weighted by Gasteiger charge is -2.04. The Morgan fingerprint density at radius 2 is 2.15 bits per heavy atom. The Labute approximate surface area is 135 Å². The number of aromatic nitrogens is 1. The number of nitrogens with one attached hydrogen (secondary N) is 1. The number of oxazole rings is 1. The third kappa shape index (κ3) is 4.61. The first-order chi connectivity index (χ1) is 9.54. The summed E-state index contributed by atoms with van der Waals surface area (Å²) in [5.74, 6) is 1.27. The second-order valence-electron chi connectivity index (χ2n) is 4.81. The van der Waals surface area contributed by atoms with Crippen molar-refractivity contribution in [1.82, 2.24) is 10.3 Å². The summed E-state index contributed by atoms with van der Waals surface area (Å²) in [6.45, 7) is 5.94. The minimum absolute atomic E-state index is 0.245. The molecule has 1 N–H and O–H groups in total. The third-order valence-corrected chi connectivity index (χ3v) is 3.59. The number of hydrogen-bond donors (Lipinski definition) is 1. The zero-order chi connectivity index (χ0) is 14.5. The molecule has 0 bridgehead atoms. The van der Waals surface area contributed by atoms with Crippen LogP contribution in [0.5, 0.6) is 11.8 Å². The number of hydrogen-bond acceptors (Lipinski definition) is 4. The van der Waals surface area contributed by atoms with E-state index < -0.39 is 0 Å². The molecular weight excluding hydrogens is 388 g/mol. The van der Waals surface area contributed by atoms with Gasteiger partial charge in [0.2, 0.25) is 0 Å². The molecule has 0 aliphatic heterocycles. The topological polar surface area (TPSA) is 47.3 Å². The van der Waals surface area contributed by atoms with Crippen molar-refractivity contribution in [3.8, 4) is 11.8 Å². The monoisotopic (exact) mass is 402 g/mol. The fourth-order valence-corrected chi connectivity index (χ4v) is 2.69. The van der Waals surface area contributed by atoms with E-state index in [2.05, 4.69) is 56.0 Å². The van der Waals surface area contributed by atoms with Crippen molar-refractivity contribution in [2.75, 3.05) is 6.54 Å². The van der Waals surface area contributed by atoms with Gasteiger partial charge < -0.3 is 14.5 Å². The molecule has 108 valence electrons. The maximum Gasteiger partial charge on any atom is 0.399 e. The summed E-state index contributed by atoms with van der Waals surface area (Å²) in [6.07, 6.45) is 1.85. The molecule has 1 aromatic carbocycles. The molecule has 0 saturated heterocycles. The summed E-state index contributed by atoms with van der Waals surface area (Å²) in [5.41, 5.74) is 0.828. The molecule has 4 nitrogen and oxygen atoms in total. The van der Waals surface area contributed by atoms with E-state index in [-0.39, 0.29) is 6.08 Å². The Morgan fingerprint density at radius 3 is 2.85 bits per heavy atom. The molecule has 2 aromatic rings. The van der Waals surface area contributed by atoms with Crippen molar-refractivity contribution >= 4 is 31.9 Å². The van der Waals surface area contributed by atoms with Crippen LogP contribution in [0.15, 0.2) is 37.8 Å². The van der Waals surface area contributed by atoms with Gasteiger partial charge >= 0.3 is 6.08 Å². The van der Waals surface area contributed by atoms with Crippen LogP contribution in [0.3, 0.4) is 0 Å². The van der Waals surface area contributed by atoms with Gasteiger partial charge in [0.15, 0.2) is 0 Å². The molecule has 0 spiro atoms. The number of benzene rings is 1. The van der Waals surface area contributed by atoms with E-state index in [0.717, 1.165) is 21.2 Å². The van der Waals surface area contributed by atoms with E-state index in [4.69, 9.17) is 9.15 Å². The predicted molar refractivity (Wildman–Crippen MR) is 85.0 cm³/mol. The average Bonchev–Trinajstić information content (AvgIpc) is 2.80. The lowest BCUT2D eigenvalue weighted by Crippen LogP contribution is -2.19. The molecule has 0 saturated carbocycles. The standard InChI is InChI=1S/C14H16Br2N2O2/c1-9(2)6-17-7-11-8-19-14(18-11)20-13-4-3-10(15)5-12(13)16/h3-5,8-9,17H,6-7H2,1-2H3. The van der Waals surface area contributed by atoms with E-state index >= 15 is 0 Å². The van der Waals surface area contributed by atoms with Crippen molar-refractivity contribution in [3.63, 3.8) is 0 Å². The molecule has 1 aromatic heterocycles. The highest BCUT2D eigenvalue weighted by Gasteiger charge is 2.09. The lowest BCUT2D eigenvalue weighted by atomic mass is 10.2. The Kier molecular flexibility index (Phi) is 5.63. The Bertz CT molecular complexity index is 570. The molecule has 0 unspecified atom stereocenters. The molecule has 0 atom stereocenters. The van der Waals surface area contributed by atoms with Gasteiger partial charge in [-0.2, -0.15) is 4.98 Å². The van der Waals surface area contributed by atoms with Gasteiger partial charge in [0.05, 0.1) is 10.2 Å². The van der Waals surface area contributed by atoms with Crippen molar-refractivity contribution < 1.29 is 9.15 Å². The number of nitrogens with zero attached hydrogens (tertiary/aromatic N) is 1. The minimum atomic E-state index is 0.245. The molecule has 20 heavy (non-hydrogen) atoms. The van der Waals surface area contributed by atoms with E-state index in [9.17, 15) is 0 Å². The second kappa shape index (κ2) is 7.24. The second-order valence-corrected chi connectivity index (χ2v) is 6.58. The highest BCUT2D eigenvalue weighted by atomic mass is 79.9. The van der Waals surface area contributed by atoms with Gasteiger partial charge in [-0.15, -0.1) is 0 Å². The summed E-state index contributed by atoms with van der Waals surface area (Å²) in [4.78, 5) is 4.28. The first-order valence-corrected chi connectivity index (χ1v) is 7.91. The van der Waals surface area contributed by atoms with E-state index in [1.54, 1.807) is 6.26 Å². The fraction of sp³-hybridized carbons (Fsp3) is 0.357. The summed E-state index contributed by atoms with van der Waals surface area (Å²) in [7, 11) is 0. The van der Waals surface area contributed by atoms with Gasteiger partial charge in [-0.1, -0.05) is 29.8 Å². The Morgan fingerprint density at radius 1 is 1.35 bits per heavy atom. The van der Waals surface area contributed by atoms with Crippen molar-refractivity contribution in [1.29, 1.82) is 0 Å². The van der Waals surface area contributed by atoms with Gasteiger partial charge in [-0.3, -0.25) is 0 Å². The Balaban J connectivity index is 1.95. The zero-order valence-corrected chi connectivity index (χ0v) is 14.5. The highest BCUT2D eigenvalue weighted by Crippen LogP contribution is 2.31. The normalized spacial score (nSPS) is 11.1. The largest absolute Gasteiger partial charge is 0.417 e. The van der Waals surface area contributed by atoms with Crippen LogP contribution in [0.1, 0.15) is 19.5 Å². The average molecular weight is 404 g/mol. The van der Waals surface area contributed by atoms with Crippen molar-refractivity contribution in [2.24, 2.45) is 5.92 Å². The number of halogens is 2. The number of ether oxygens (including phenoxy) is 1. The lowest BCUT2D eigenvalue weighted by molar-refractivity contribution is 0.329. The van der Waals surface area contributed by atoms with Gasteiger partial charge in [-0.25, -0.2) is 0 Å². The zero-order valence-electron chi connectivity index (χ0n) is 11.3. The molecule has 0 aliphatic rings.